The maximum absolute atomic E-state index is 12.0. The van der Waals surface area contributed by atoms with Gasteiger partial charge in [0.05, 0.1) is 5.92 Å². The van der Waals surface area contributed by atoms with Gasteiger partial charge >= 0.3 is 5.97 Å². The fourth-order valence-electron chi connectivity index (χ4n) is 2.39. The molecule has 2 atom stereocenters. The summed E-state index contributed by atoms with van der Waals surface area (Å²) in [5.41, 5.74) is -0.574. The molecule has 0 N–H and O–H groups in total. The van der Waals surface area contributed by atoms with Gasteiger partial charge < -0.3 is 14.2 Å². The summed E-state index contributed by atoms with van der Waals surface area (Å²) in [5, 5.41) is 0. The van der Waals surface area contributed by atoms with Gasteiger partial charge in [-0.2, -0.15) is 0 Å². The van der Waals surface area contributed by atoms with Crippen molar-refractivity contribution in [2.75, 3.05) is 14.2 Å². The third-order valence-electron chi connectivity index (χ3n) is 3.33. The summed E-state index contributed by atoms with van der Waals surface area (Å²) < 4.78 is 15.9. The number of rotatable bonds is 4. The van der Waals surface area contributed by atoms with Crippen molar-refractivity contribution in [1.29, 1.82) is 0 Å². The highest BCUT2D eigenvalue weighted by Crippen LogP contribution is 2.61. The minimum Gasteiger partial charge on any atom is -0.460 e. The molecule has 1 saturated carbocycles. The Morgan fingerprint density at radius 2 is 1.65 bits per heavy atom. The highest BCUT2D eigenvalue weighted by molar-refractivity contribution is 5.78. The summed E-state index contributed by atoms with van der Waals surface area (Å²) in [4.78, 5) is 12.0. The predicted octanol–water partition coefficient (Wildman–Crippen LogP) is 2.22. The fraction of sp³-hybridized carbons (Fsp3) is 0.923. The van der Waals surface area contributed by atoms with Gasteiger partial charge in [0.15, 0.2) is 6.29 Å². The molecule has 0 bridgehead atoms. The average Bonchev–Trinajstić information content (AvgIpc) is 2.69. The molecule has 0 radical (unpaired) electrons. The van der Waals surface area contributed by atoms with Gasteiger partial charge in [-0.15, -0.1) is 0 Å². The normalized spacial score (nSPS) is 27.1. The molecule has 0 heterocycles. The van der Waals surface area contributed by atoms with Crippen molar-refractivity contribution >= 4 is 5.97 Å². The molecule has 0 aliphatic heterocycles. The lowest BCUT2D eigenvalue weighted by Crippen LogP contribution is -2.27. The van der Waals surface area contributed by atoms with Crippen LogP contribution in [0.2, 0.25) is 0 Å². The molecule has 1 aliphatic rings. The lowest BCUT2D eigenvalue weighted by atomic mass is 10.1. The minimum atomic E-state index is -0.448. The molecular weight excluding hydrogens is 220 g/mol. The summed E-state index contributed by atoms with van der Waals surface area (Å²) in [7, 11) is 3.18. The molecule has 0 saturated heterocycles. The van der Waals surface area contributed by atoms with Crippen LogP contribution in [-0.4, -0.2) is 32.1 Å². The van der Waals surface area contributed by atoms with Crippen LogP contribution in [-0.2, 0) is 19.0 Å². The van der Waals surface area contributed by atoms with Crippen molar-refractivity contribution in [3.05, 3.63) is 0 Å². The number of methoxy groups -OCH3 is 2. The second kappa shape index (κ2) is 4.58. The third-order valence-corrected chi connectivity index (χ3v) is 3.33. The van der Waals surface area contributed by atoms with E-state index < -0.39 is 5.60 Å². The van der Waals surface area contributed by atoms with Crippen LogP contribution >= 0.6 is 0 Å². The Morgan fingerprint density at radius 1 is 1.18 bits per heavy atom. The Morgan fingerprint density at radius 3 is 2.00 bits per heavy atom. The zero-order chi connectivity index (χ0) is 13.4. The van der Waals surface area contributed by atoms with Crippen LogP contribution in [0.15, 0.2) is 0 Å². The van der Waals surface area contributed by atoms with Crippen molar-refractivity contribution in [3.8, 4) is 0 Å². The predicted molar refractivity (Wildman–Crippen MR) is 64.4 cm³/mol. The number of hydrogen-bond acceptors (Lipinski definition) is 4. The number of esters is 1. The molecule has 0 aromatic carbocycles. The van der Waals surface area contributed by atoms with E-state index in [1.165, 1.54) is 0 Å². The molecule has 1 fully saturated rings. The summed E-state index contributed by atoms with van der Waals surface area (Å²) in [6.07, 6.45) is -0.345. The minimum absolute atomic E-state index is 0.0624. The van der Waals surface area contributed by atoms with Crippen LogP contribution in [0.25, 0.3) is 0 Å². The Labute approximate surface area is 104 Å². The zero-order valence-electron chi connectivity index (χ0n) is 11.9. The monoisotopic (exact) mass is 244 g/mol. The molecule has 0 spiro atoms. The first kappa shape index (κ1) is 14.5. The molecule has 0 aromatic rings. The van der Waals surface area contributed by atoms with E-state index in [0.717, 1.165) is 0 Å². The third kappa shape index (κ3) is 2.99. The molecule has 0 aromatic heterocycles. The van der Waals surface area contributed by atoms with Gasteiger partial charge in [0.2, 0.25) is 0 Å². The largest absolute Gasteiger partial charge is 0.460 e. The van der Waals surface area contributed by atoms with E-state index in [1.54, 1.807) is 14.2 Å². The molecular formula is C13H24O4. The van der Waals surface area contributed by atoms with Crippen LogP contribution in [0, 0.1) is 17.3 Å². The second-order valence-electron chi connectivity index (χ2n) is 6.20. The molecule has 100 valence electrons. The number of ether oxygens (including phenoxy) is 3. The first-order chi connectivity index (χ1) is 7.65. The van der Waals surface area contributed by atoms with Gasteiger partial charge in [-0.1, -0.05) is 13.8 Å². The van der Waals surface area contributed by atoms with Crippen LogP contribution < -0.4 is 0 Å². The lowest BCUT2D eigenvalue weighted by Gasteiger charge is -2.20. The van der Waals surface area contributed by atoms with Crippen LogP contribution in [0.1, 0.15) is 34.6 Å². The highest BCUT2D eigenvalue weighted by atomic mass is 16.7. The van der Waals surface area contributed by atoms with Gasteiger partial charge in [-0.3, -0.25) is 4.79 Å². The molecule has 0 amide bonds. The quantitative estimate of drug-likeness (QED) is 0.562. The summed E-state index contributed by atoms with van der Waals surface area (Å²) >= 11 is 0. The Hall–Kier alpha value is -0.610. The number of carbonyl (C=O) groups is 1. The van der Waals surface area contributed by atoms with Gasteiger partial charge in [0, 0.05) is 20.1 Å². The van der Waals surface area contributed by atoms with E-state index in [0.29, 0.717) is 0 Å². The van der Waals surface area contributed by atoms with Crippen LogP contribution in [0.5, 0.6) is 0 Å². The molecule has 4 heteroatoms. The Balaban J connectivity index is 2.70. The van der Waals surface area contributed by atoms with E-state index in [9.17, 15) is 4.79 Å². The summed E-state index contributed by atoms with van der Waals surface area (Å²) in [6, 6.07) is 0. The summed E-state index contributed by atoms with van der Waals surface area (Å²) in [6.45, 7) is 9.70. The van der Waals surface area contributed by atoms with Gasteiger partial charge in [-0.25, -0.2) is 0 Å². The average molecular weight is 244 g/mol. The zero-order valence-corrected chi connectivity index (χ0v) is 11.9. The van der Waals surface area contributed by atoms with Crippen LogP contribution in [0.4, 0.5) is 0 Å². The topological polar surface area (TPSA) is 44.8 Å². The van der Waals surface area contributed by atoms with E-state index >= 15 is 0 Å². The molecule has 2 unspecified atom stereocenters. The van der Waals surface area contributed by atoms with E-state index in [-0.39, 0.29) is 29.5 Å². The van der Waals surface area contributed by atoms with Crippen molar-refractivity contribution in [3.63, 3.8) is 0 Å². The van der Waals surface area contributed by atoms with Crippen molar-refractivity contribution < 1.29 is 19.0 Å². The number of carbonyl (C=O) groups excluding carboxylic acids is 1. The SMILES string of the molecule is COC(OC)C1C(C(=O)OC(C)(C)C)C1(C)C. The fourth-order valence-corrected chi connectivity index (χ4v) is 2.39. The van der Waals surface area contributed by atoms with E-state index in [2.05, 4.69) is 0 Å². The molecule has 17 heavy (non-hydrogen) atoms. The maximum Gasteiger partial charge on any atom is 0.310 e. The summed E-state index contributed by atoms with van der Waals surface area (Å²) in [5.74, 6) is -0.245. The molecule has 4 nitrogen and oxygen atoms in total. The maximum atomic E-state index is 12.0. The van der Waals surface area contributed by atoms with Crippen molar-refractivity contribution in [2.24, 2.45) is 17.3 Å². The van der Waals surface area contributed by atoms with Gasteiger partial charge in [0.1, 0.15) is 5.60 Å². The Bertz CT molecular complexity index is 286. The highest BCUT2D eigenvalue weighted by Gasteiger charge is 2.66. The smallest absolute Gasteiger partial charge is 0.310 e. The van der Waals surface area contributed by atoms with Crippen molar-refractivity contribution in [2.45, 2.75) is 46.5 Å². The van der Waals surface area contributed by atoms with E-state index in [1.807, 2.05) is 34.6 Å². The first-order valence-corrected chi connectivity index (χ1v) is 5.93. The Kier molecular flexibility index (Phi) is 3.89. The second-order valence-corrected chi connectivity index (χ2v) is 6.20. The van der Waals surface area contributed by atoms with E-state index in [4.69, 9.17) is 14.2 Å². The lowest BCUT2D eigenvalue weighted by molar-refractivity contribution is -0.160. The van der Waals surface area contributed by atoms with Gasteiger partial charge in [-0.05, 0) is 26.2 Å². The van der Waals surface area contributed by atoms with Crippen LogP contribution in [0.3, 0.4) is 0 Å². The first-order valence-electron chi connectivity index (χ1n) is 5.93. The van der Waals surface area contributed by atoms with Gasteiger partial charge in [0.25, 0.3) is 0 Å². The van der Waals surface area contributed by atoms with Crippen molar-refractivity contribution in [1.82, 2.24) is 0 Å². The number of hydrogen-bond donors (Lipinski definition) is 0. The molecule has 1 aliphatic carbocycles. The standard InChI is InChI=1S/C13H24O4/c1-12(2,3)17-10(14)8-9(13(8,4)5)11(15-6)16-7/h8-9,11H,1-7H3. The molecule has 1 rings (SSSR count).